The van der Waals surface area contributed by atoms with Gasteiger partial charge in [0.25, 0.3) is 0 Å². The molecule has 0 aliphatic carbocycles. The summed E-state index contributed by atoms with van der Waals surface area (Å²) in [4.78, 5) is 1.19. The zero-order valence-corrected chi connectivity index (χ0v) is 4.53. The van der Waals surface area contributed by atoms with Crippen LogP contribution in [-0.2, 0) is 0 Å². The molecular formula is C4H7N3O. The molecule has 0 bridgehead atoms. The number of hydrogen-bond acceptors (Lipinski definition) is 3. The van der Waals surface area contributed by atoms with E-state index in [-0.39, 0.29) is 0 Å². The Kier molecular flexibility index (Phi) is 1.07. The summed E-state index contributed by atoms with van der Waals surface area (Å²) < 4.78 is 4.77. The van der Waals surface area contributed by atoms with Crippen molar-refractivity contribution in [2.24, 2.45) is 0 Å². The van der Waals surface area contributed by atoms with Crippen molar-refractivity contribution in [2.45, 2.75) is 0 Å². The molecule has 4 nitrogen and oxygen atoms in total. The highest BCUT2D eigenvalue weighted by Crippen LogP contribution is 2.02. The van der Waals surface area contributed by atoms with Crippen LogP contribution < -0.4 is 10.6 Å². The van der Waals surface area contributed by atoms with Gasteiger partial charge in [0.2, 0.25) is 0 Å². The molecule has 1 aromatic heterocycles. The fourth-order valence-corrected chi connectivity index (χ4v) is 0.426. The average molecular weight is 113 g/mol. The van der Waals surface area contributed by atoms with Crippen LogP contribution in [0.15, 0.2) is 12.4 Å². The van der Waals surface area contributed by atoms with Gasteiger partial charge in [0.05, 0.1) is 19.5 Å². The lowest BCUT2D eigenvalue weighted by Gasteiger charge is -1.86. The minimum atomic E-state index is 0.674. The number of aromatic nitrogens is 2. The van der Waals surface area contributed by atoms with Crippen LogP contribution in [-0.4, -0.2) is 17.0 Å². The van der Waals surface area contributed by atoms with Gasteiger partial charge in [-0.1, -0.05) is 0 Å². The third-order valence-corrected chi connectivity index (χ3v) is 0.814. The second-order valence-corrected chi connectivity index (χ2v) is 1.36. The molecule has 0 unspecified atom stereocenters. The van der Waals surface area contributed by atoms with Crippen molar-refractivity contribution in [2.75, 3.05) is 13.0 Å². The Labute approximate surface area is 46.8 Å². The predicted molar refractivity (Wildman–Crippen MR) is 28.9 cm³/mol. The van der Waals surface area contributed by atoms with Gasteiger partial charge in [-0.2, -0.15) is 9.89 Å². The highest BCUT2D eigenvalue weighted by molar-refractivity contribution is 5.10. The molecular weight excluding hydrogens is 106 g/mol. The Morgan fingerprint density at radius 2 is 2.62 bits per heavy atom. The SMILES string of the molecule is COc1cnn(N)c1. The van der Waals surface area contributed by atoms with Crippen molar-refractivity contribution in [1.29, 1.82) is 0 Å². The number of ether oxygens (including phenoxy) is 1. The van der Waals surface area contributed by atoms with Crippen LogP contribution in [0.4, 0.5) is 0 Å². The summed E-state index contributed by atoms with van der Waals surface area (Å²) in [5.41, 5.74) is 0. The van der Waals surface area contributed by atoms with Crippen molar-refractivity contribution in [3.8, 4) is 5.75 Å². The van der Waals surface area contributed by atoms with Gasteiger partial charge in [-0.25, -0.2) is 0 Å². The molecule has 4 heteroatoms. The highest BCUT2D eigenvalue weighted by atomic mass is 16.5. The van der Waals surface area contributed by atoms with Crippen molar-refractivity contribution in [3.63, 3.8) is 0 Å². The lowest BCUT2D eigenvalue weighted by molar-refractivity contribution is 0.414. The molecule has 0 radical (unpaired) electrons. The third kappa shape index (κ3) is 0.726. The summed E-state index contributed by atoms with van der Waals surface area (Å²) in [5.74, 6) is 5.85. The van der Waals surface area contributed by atoms with Crippen LogP contribution in [0.5, 0.6) is 5.75 Å². The zero-order chi connectivity index (χ0) is 5.98. The van der Waals surface area contributed by atoms with Crippen LogP contribution in [0, 0.1) is 0 Å². The molecule has 44 valence electrons. The Bertz CT molecular complexity index is 172. The minimum Gasteiger partial charge on any atom is -0.493 e. The molecule has 0 amide bonds. The number of hydrogen-bond donors (Lipinski definition) is 1. The molecule has 0 saturated heterocycles. The van der Waals surface area contributed by atoms with E-state index in [1.807, 2.05) is 0 Å². The van der Waals surface area contributed by atoms with E-state index in [0.717, 1.165) is 0 Å². The molecule has 2 N–H and O–H groups in total. The molecule has 0 aliphatic rings. The topological polar surface area (TPSA) is 53.1 Å². The normalized spacial score (nSPS) is 9.12. The first-order valence-corrected chi connectivity index (χ1v) is 2.16. The maximum Gasteiger partial charge on any atom is 0.158 e. The monoisotopic (exact) mass is 113 g/mol. The summed E-state index contributed by atoms with van der Waals surface area (Å²) in [5, 5.41) is 3.66. The number of nitrogens with two attached hydrogens (primary N) is 1. The maximum absolute atomic E-state index is 5.18. The second kappa shape index (κ2) is 1.73. The summed E-state index contributed by atoms with van der Waals surface area (Å²) >= 11 is 0. The predicted octanol–water partition coefficient (Wildman–Crippen LogP) is -0.395. The molecule has 1 rings (SSSR count). The van der Waals surface area contributed by atoms with Crippen LogP contribution in [0.1, 0.15) is 0 Å². The lowest BCUT2D eigenvalue weighted by atomic mass is 10.7. The smallest absolute Gasteiger partial charge is 0.158 e. The minimum absolute atomic E-state index is 0.674. The van der Waals surface area contributed by atoms with Crippen molar-refractivity contribution in [3.05, 3.63) is 12.4 Å². The van der Waals surface area contributed by atoms with Gasteiger partial charge in [0.1, 0.15) is 0 Å². The highest BCUT2D eigenvalue weighted by Gasteiger charge is 1.89. The Morgan fingerprint density at radius 1 is 1.88 bits per heavy atom. The van der Waals surface area contributed by atoms with E-state index in [2.05, 4.69) is 5.10 Å². The molecule has 1 aromatic rings. The quantitative estimate of drug-likeness (QED) is 0.504. The van der Waals surface area contributed by atoms with Gasteiger partial charge >= 0.3 is 0 Å². The third-order valence-electron chi connectivity index (χ3n) is 0.814. The van der Waals surface area contributed by atoms with E-state index in [4.69, 9.17) is 10.6 Å². The van der Waals surface area contributed by atoms with Crippen molar-refractivity contribution in [1.82, 2.24) is 9.89 Å². The summed E-state index contributed by atoms with van der Waals surface area (Å²) in [6.45, 7) is 0. The fourth-order valence-electron chi connectivity index (χ4n) is 0.426. The largest absolute Gasteiger partial charge is 0.493 e. The van der Waals surface area contributed by atoms with Crippen molar-refractivity contribution < 1.29 is 4.74 Å². The number of rotatable bonds is 1. The van der Waals surface area contributed by atoms with Crippen LogP contribution in [0.3, 0.4) is 0 Å². The first kappa shape index (κ1) is 4.96. The summed E-state index contributed by atoms with van der Waals surface area (Å²) in [6, 6.07) is 0. The Morgan fingerprint density at radius 3 is 2.88 bits per heavy atom. The summed E-state index contributed by atoms with van der Waals surface area (Å²) in [7, 11) is 1.57. The summed E-state index contributed by atoms with van der Waals surface area (Å²) in [6.07, 6.45) is 3.12. The van der Waals surface area contributed by atoms with Gasteiger partial charge in [0, 0.05) is 0 Å². The molecule has 0 spiro atoms. The van der Waals surface area contributed by atoms with E-state index in [1.165, 1.54) is 4.79 Å². The fraction of sp³-hybridized carbons (Fsp3) is 0.250. The lowest BCUT2D eigenvalue weighted by Crippen LogP contribution is -2.06. The Hall–Kier alpha value is -1.19. The molecule has 0 aliphatic heterocycles. The Balaban J connectivity index is 2.84. The van der Waals surface area contributed by atoms with Gasteiger partial charge in [0.15, 0.2) is 5.75 Å². The number of methoxy groups -OCH3 is 1. The van der Waals surface area contributed by atoms with Gasteiger partial charge < -0.3 is 10.6 Å². The molecule has 0 aromatic carbocycles. The van der Waals surface area contributed by atoms with Gasteiger partial charge in [-0.05, 0) is 0 Å². The van der Waals surface area contributed by atoms with E-state index in [1.54, 1.807) is 19.5 Å². The first-order chi connectivity index (χ1) is 3.83. The number of nitrogens with zero attached hydrogens (tertiary/aromatic N) is 2. The van der Waals surface area contributed by atoms with Crippen LogP contribution in [0.25, 0.3) is 0 Å². The maximum atomic E-state index is 5.18. The van der Waals surface area contributed by atoms with Gasteiger partial charge in [-0.3, -0.25) is 0 Å². The van der Waals surface area contributed by atoms with Crippen LogP contribution in [0.2, 0.25) is 0 Å². The molecule has 0 atom stereocenters. The van der Waals surface area contributed by atoms with E-state index >= 15 is 0 Å². The molecule has 8 heavy (non-hydrogen) atoms. The molecule has 1 heterocycles. The standard InChI is InChI=1S/C4H7N3O/c1-8-4-2-6-7(5)3-4/h2-3H,5H2,1H3. The van der Waals surface area contributed by atoms with E-state index in [0.29, 0.717) is 5.75 Å². The van der Waals surface area contributed by atoms with E-state index in [9.17, 15) is 0 Å². The van der Waals surface area contributed by atoms with Crippen LogP contribution >= 0.6 is 0 Å². The van der Waals surface area contributed by atoms with Gasteiger partial charge in [-0.15, -0.1) is 0 Å². The molecule has 0 saturated carbocycles. The molecule has 0 fully saturated rings. The zero-order valence-electron chi connectivity index (χ0n) is 4.53. The average Bonchev–Trinajstić information content (AvgIpc) is 2.14. The first-order valence-electron chi connectivity index (χ1n) is 2.16. The second-order valence-electron chi connectivity index (χ2n) is 1.36. The van der Waals surface area contributed by atoms with Crippen molar-refractivity contribution >= 4 is 0 Å². The van der Waals surface area contributed by atoms with E-state index < -0.39 is 0 Å². The number of nitrogen functional groups attached to an aromatic ring is 1.